The minimum Gasteiger partial charge on any atom is -0.454 e. The zero-order valence-corrected chi connectivity index (χ0v) is 18.3. The summed E-state index contributed by atoms with van der Waals surface area (Å²) in [7, 11) is 0. The molecule has 2 aromatic carbocycles. The Labute approximate surface area is 186 Å². The fourth-order valence-electron chi connectivity index (χ4n) is 4.48. The molecule has 1 aliphatic heterocycles. The Kier molecular flexibility index (Phi) is 5.78. The third kappa shape index (κ3) is 3.88. The Morgan fingerprint density at radius 2 is 1.75 bits per heavy atom. The number of ketones is 1. The van der Waals surface area contributed by atoms with Crippen molar-refractivity contribution in [1.29, 1.82) is 0 Å². The Morgan fingerprint density at radius 1 is 1.03 bits per heavy atom. The van der Waals surface area contributed by atoms with Gasteiger partial charge in [0.05, 0.1) is 23.1 Å². The van der Waals surface area contributed by atoms with Crippen molar-refractivity contribution >= 4 is 29.3 Å². The highest BCUT2D eigenvalue weighted by molar-refractivity contribution is 6.22. The minimum atomic E-state index is -0.638. The zero-order chi connectivity index (χ0) is 23.0. The first-order chi connectivity index (χ1) is 15.3. The van der Waals surface area contributed by atoms with Crippen molar-refractivity contribution in [2.75, 3.05) is 11.5 Å². The molecule has 0 radical (unpaired) electrons. The predicted molar refractivity (Wildman–Crippen MR) is 119 cm³/mol. The summed E-state index contributed by atoms with van der Waals surface area (Å²) < 4.78 is 5.19. The summed E-state index contributed by atoms with van der Waals surface area (Å²) in [4.78, 5) is 51.8. The highest BCUT2D eigenvalue weighted by Crippen LogP contribution is 2.40. The molecule has 0 unspecified atom stereocenters. The summed E-state index contributed by atoms with van der Waals surface area (Å²) in [5, 5.41) is 0. The summed E-state index contributed by atoms with van der Waals surface area (Å²) in [6.45, 7) is 5.32. The number of carbonyl (C=O) groups excluding carboxylic acids is 4. The monoisotopic (exact) mass is 431 g/mol. The van der Waals surface area contributed by atoms with Gasteiger partial charge in [-0.1, -0.05) is 36.8 Å². The van der Waals surface area contributed by atoms with Crippen LogP contribution in [0.25, 0.3) is 0 Å². The SMILES string of the molecule is Cc1ccc(C)c(C(=O)COC(=O)c2ccc(N3C(=O)[C@@H]4[C@@H](C)C=CC[C@H]4C3=O)cc2)c1. The van der Waals surface area contributed by atoms with Crippen LogP contribution in [0.2, 0.25) is 0 Å². The summed E-state index contributed by atoms with van der Waals surface area (Å²) in [6, 6.07) is 11.7. The number of amides is 2. The number of imide groups is 1. The fraction of sp³-hybridized carbons (Fsp3) is 0.308. The molecule has 0 N–H and O–H groups in total. The van der Waals surface area contributed by atoms with Gasteiger partial charge >= 0.3 is 5.97 Å². The number of nitrogens with zero attached hydrogens (tertiary/aromatic N) is 1. The Balaban J connectivity index is 1.43. The Bertz CT molecular complexity index is 1130. The van der Waals surface area contributed by atoms with E-state index in [0.29, 0.717) is 17.7 Å². The maximum absolute atomic E-state index is 12.9. The second-order valence-electron chi connectivity index (χ2n) is 8.53. The van der Waals surface area contributed by atoms with Crippen molar-refractivity contribution in [1.82, 2.24) is 0 Å². The van der Waals surface area contributed by atoms with Gasteiger partial charge < -0.3 is 4.74 Å². The number of esters is 1. The van der Waals surface area contributed by atoms with Crippen LogP contribution in [-0.2, 0) is 14.3 Å². The highest BCUT2D eigenvalue weighted by atomic mass is 16.5. The molecule has 0 spiro atoms. The highest BCUT2D eigenvalue weighted by Gasteiger charge is 2.50. The zero-order valence-electron chi connectivity index (χ0n) is 18.3. The number of ether oxygens (including phenoxy) is 1. The van der Waals surface area contributed by atoms with Crippen LogP contribution in [-0.4, -0.2) is 30.2 Å². The summed E-state index contributed by atoms with van der Waals surface area (Å²) in [5.74, 6) is -1.97. The lowest BCUT2D eigenvalue weighted by Gasteiger charge is -2.22. The number of hydrogen-bond acceptors (Lipinski definition) is 5. The molecule has 1 aliphatic carbocycles. The fourth-order valence-corrected chi connectivity index (χ4v) is 4.48. The van der Waals surface area contributed by atoms with Gasteiger partial charge in [0.2, 0.25) is 17.6 Å². The molecule has 6 heteroatoms. The van der Waals surface area contributed by atoms with E-state index in [0.717, 1.165) is 11.1 Å². The van der Waals surface area contributed by atoms with Gasteiger partial charge in [0.1, 0.15) is 0 Å². The molecule has 32 heavy (non-hydrogen) atoms. The maximum Gasteiger partial charge on any atom is 0.338 e. The van der Waals surface area contributed by atoms with E-state index in [1.54, 1.807) is 18.2 Å². The van der Waals surface area contributed by atoms with Crippen molar-refractivity contribution in [3.63, 3.8) is 0 Å². The van der Waals surface area contributed by atoms with Gasteiger partial charge in [-0.25, -0.2) is 4.79 Å². The van der Waals surface area contributed by atoms with Crippen molar-refractivity contribution in [3.8, 4) is 0 Å². The number of fused-ring (bicyclic) bond motifs is 1. The molecule has 1 saturated heterocycles. The van der Waals surface area contributed by atoms with Gasteiger partial charge in [0.25, 0.3) is 0 Å². The smallest absolute Gasteiger partial charge is 0.338 e. The molecule has 2 amide bonds. The lowest BCUT2D eigenvalue weighted by molar-refractivity contribution is -0.122. The molecule has 164 valence electrons. The topological polar surface area (TPSA) is 80.8 Å². The molecular formula is C26H25NO5. The van der Waals surface area contributed by atoms with E-state index < -0.39 is 5.97 Å². The molecule has 1 heterocycles. The van der Waals surface area contributed by atoms with Gasteiger partial charge in [-0.3, -0.25) is 19.3 Å². The van der Waals surface area contributed by atoms with Gasteiger partial charge in [-0.2, -0.15) is 0 Å². The van der Waals surface area contributed by atoms with Crippen molar-refractivity contribution in [3.05, 3.63) is 76.9 Å². The molecule has 0 saturated carbocycles. The quantitative estimate of drug-likeness (QED) is 0.309. The first-order valence-electron chi connectivity index (χ1n) is 10.7. The van der Waals surface area contributed by atoms with E-state index in [-0.39, 0.29) is 47.5 Å². The van der Waals surface area contributed by atoms with Crippen LogP contribution >= 0.6 is 0 Å². The second-order valence-corrected chi connectivity index (χ2v) is 8.53. The standard InChI is InChI=1S/C26H25NO5/c1-15-7-8-16(2)21(13-15)22(28)14-32-26(31)18-9-11-19(12-10-18)27-24(29)20-6-4-5-17(3)23(20)25(27)30/h4-5,7-13,17,20,23H,6,14H2,1-3H3/t17-,20+,23+/m0/s1. The lowest BCUT2D eigenvalue weighted by Crippen LogP contribution is -2.31. The largest absolute Gasteiger partial charge is 0.454 e. The van der Waals surface area contributed by atoms with Crippen LogP contribution in [0.4, 0.5) is 5.69 Å². The van der Waals surface area contributed by atoms with Crippen LogP contribution in [0.3, 0.4) is 0 Å². The number of carbonyl (C=O) groups is 4. The van der Waals surface area contributed by atoms with E-state index in [1.165, 1.54) is 17.0 Å². The normalized spacial score (nSPS) is 22.1. The lowest BCUT2D eigenvalue weighted by atomic mass is 9.78. The molecule has 2 aliphatic rings. The number of allylic oxidation sites excluding steroid dienone is 2. The van der Waals surface area contributed by atoms with Crippen molar-refractivity contribution in [2.24, 2.45) is 17.8 Å². The number of hydrogen-bond donors (Lipinski definition) is 0. The van der Waals surface area contributed by atoms with E-state index in [1.807, 2.05) is 45.1 Å². The predicted octanol–water partition coefficient (Wildman–Crippen LogP) is 4.04. The van der Waals surface area contributed by atoms with Crippen LogP contribution in [0.1, 0.15) is 45.2 Å². The first kappa shape index (κ1) is 21.7. The van der Waals surface area contributed by atoms with Gasteiger partial charge in [-0.15, -0.1) is 0 Å². The third-order valence-corrected chi connectivity index (χ3v) is 6.26. The van der Waals surface area contributed by atoms with E-state index >= 15 is 0 Å². The summed E-state index contributed by atoms with van der Waals surface area (Å²) >= 11 is 0. The third-order valence-electron chi connectivity index (χ3n) is 6.26. The molecule has 6 nitrogen and oxygen atoms in total. The van der Waals surface area contributed by atoms with Crippen molar-refractivity contribution in [2.45, 2.75) is 27.2 Å². The number of benzene rings is 2. The average Bonchev–Trinajstić information content (AvgIpc) is 3.04. The Morgan fingerprint density at radius 3 is 2.44 bits per heavy atom. The number of aryl methyl sites for hydroxylation is 2. The first-order valence-corrected chi connectivity index (χ1v) is 10.7. The molecule has 2 aromatic rings. The van der Waals surface area contributed by atoms with Gasteiger partial charge in [0.15, 0.2) is 6.61 Å². The molecular weight excluding hydrogens is 406 g/mol. The summed E-state index contributed by atoms with van der Waals surface area (Å²) in [5.41, 5.74) is 2.99. The minimum absolute atomic E-state index is 0.0130. The number of rotatable bonds is 5. The van der Waals surface area contributed by atoms with Crippen LogP contribution in [0, 0.1) is 31.6 Å². The van der Waals surface area contributed by atoms with E-state index in [4.69, 9.17) is 4.74 Å². The maximum atomic E-state index is 12.9. The number of Topliss-reactive ketones (excluding diaryl/α,β-unsaturated/α-hetero) is 1. The summed E-state index contributed by atoms with van der Waals surface area (Å²) in [6.07, 6.45) is 4.50. The van der Waals surface area contributed by atoms with E-state index in [9.17, 15) is 19.2 Å². The number of anilines is 1. The molecule has 3 atom stereocenters. The van der Waals surface area contributed by atoms with Gasteiger partial charge in [0, 0.05) is 5.56 Å². The molecule has 1 fully saturated rings. The van der Waals surface area contributed by atoms with Crippen LogP contribution < -0.4 is 4.90 Å². The van der Waals surface area contributed by atoms with Crippen molar-refractivity contribution < 1.29 is 23.9 Å². The van der Waals surface area contributed by atoms with Crippen LogP contribution in [0.5, 0.6) is 0 Å². The Hall–Kier alpha value is -3.54. The molecule has 0 aromatic heterocycles. The molecule has 4 rings (SSSR count). The van der Waals surface area contributed by atoms with Gasteiger partial charge in [-0.05, 0) is 62.1 Å². The second kappa shape index (κ2) is 8.54. The van der Waals surface area contributed by atoms with Crippen LogP contribution in [0.15, 0.2) is 54.6 Å². The van der Waals surface area contributed by atoms with E-state index in [2.05, 4.69) is 0 Å². The average molecular weight is 431 g/mol. The molecule has 0 bridgehead atoms.